The minimum absolute atomic E-state index is 0.242. The van der Waals surface area contributed by atoms with E-state index in [1.54, 1.807) is 12.4 Å². The van der Waals surface area contributed by atoms with Crippen LogP contribution in [0.3, 0.4) is 0 Å². The third kappa shape index (κ3) is 2.85. The lowest BCUT2D eigenvalue weighted by atomic mass is 9.97. The summed E-state index contributed by atoms with van der Waals surface area (Å²) >= 11 is 0. The first-order valence-corrected chi connectivity index (χ1v) is 7.70. The molecule has 0 saturated carbocycles. The predicted molar refractivity (Wildman–Crippen MR) is 78.3 cm³/mol. The van der Waals surface area contributed by atoms with Crippen LogP contribution in [-0.2, 0) is 11.2 Å². The van der Waals surface area contributed by atoms with Gasteiger partial charge < -0.3 is 10.2 Å². The molecule has 2 bridgehead atoms. The Hall–Kier alpha value is -1.42. The Kier molecular flexibility index (Phi) is 4.01. The summed E-state index contributed by atoms with van der Waals surface area (Å²) in [6.07, 6.45) is 8.78. The van der Waals surface area contributed by atoms with E-state index in [1.165, 1.54) is 12.8 Å². The lowest BCUT2D eigenvalue weighted by Gasteiger charge is -2.37. The average molecular weight is 273 g/mol. The highest BCUT2D eigenvalue weighted by Gasteiger charge is 2.36. The van der Waals surface area contributed by atoms with E-state index in [9.17, 15) is 4.79 Å². The SMILES string of the molecule is CCN(C(=O)Cc1cccnc1)C1CC2CCC(C1)N2. The monoisotopic (exact) mass is 273 g/mol. The first-order chi connectivity index (χ1) is 9.76. The molecule has 4 heteroatoms. The van der Waals surface area contributed by atoms with Crippen LogP contribution in [0.15, 0.2) is 24.5 Å². The topological polar surface area (TPSA) is 45.2 Å². The van der Waals surface area contributed by atoms with Gasteiger partial charge in [0.15, 0.2) is 0 Å². The van der Waals surface area contributed by atoms with Crippen molar-refractivity contribution in [1.29, 1.82) is 0 Å². The molecule has 1 N–H and O–H groups in total. The second-order valence-corrected chi connectivity index (χ2v) is 5.98. The van der Waals surface area contributed by atoms with Crippen molar-refractivity contribution in [3.05, 3.63) is 30.1 Å². The van der Waals surface area contributed by atoms with Gasteiger partial charge in [0.25, 0.3) is 0 Å². The number of likely N-dealkylation sites (N-methyl/N-ethyl adjacent to an activating group) is 1. The molecule has 1 aromatic rings. The van der Waals surface area contributed by atoms with E-state index in [1.807, 2.05) is 12.1 Å². The van der Waals surface area contributed by atoms with Crippen LogP contribution in [0.1, 0.15) is 38.2 Å². The Bertz CT molecular complexity index is 450. The molecule has 1 amide bonds. The van der Waals surface area contributed by atoms with E-state index in [2.05, 4.69) is 22.1 Å². The molecule has 0 spiro atoms. The molecule has 3 heterocycles. The first-order valence-electron chi connectivity index (χ1n) is 7.70. The van der Waals surface area contributed by atoms with Crippen LogP contribution in [-0.4, -0.2) is 40.5 Å². The number of aromatic nitrogens is 1. The molecule has 3 rings (SSSR count). The largest absolute Gasteiger partial charge is 0.340 e. The minimum atomic E-state index is 0.242. The fourth-order valence-corrected chi connectivity index (χ4v) is 3.70. The number of carbonyl (C=O) groups is 1. The quantitative estimate of drug-likeness (QED) is 0.909. The first kappa shape index (κ1) is 13.6. The molecule has 108 valence electrons. The van der Waals surface area contributed by atoms with Gasteiger partial charge in [-0.15, -0.1) is 0 Å². The lowest BCUT2D eigenvalue weighted by Crippen LogP contribution is -2.50. The molecule has 2 fully saturated rings. The summed E-state index contributed by atoms with van der Waals surface area (Å²) in [5.74, 6) is 0.242. The van der Waals surface area contributed by atoms with Gasteiger partial charge in [-0.1, -0.05) is 6.07 Å². The smallest absolute Gasteiger partial charge is 0.227 e. The highest BCUT2D eigenvalue weighted by Crippen LogP contribution is 2.30. The van der Waals surface area contributed by atoms with E-state index in [0.29, 0.717) is 24.5 Å². The third-order valence-corrected chi connectivity index (χ3v) is 4.63. The number of nitrogens with zero attached hydrogens (tertiary/aromatic N) is 2. The number of piperidine rings is 1. The Morgan fingerprint density at radius 1 is 1.40 bits per heavy atom. The van der Waals surface area contributed by atoms with Crippen molar-refractivity contribution < 1.29 is 4.79 Å². The van der Waals surface area contributed by atoms with E-state index in [-0.39, 0.29) is 5.91 Å². The van der Waals surface area contributed by atoms with Gasteiger partial charge in [-0.25, -0.2) is 0 Å². The van der Waals surface area contributed by atoms with E-state index >= 15 is 0 Å². The van der Waals surface area contributed by atoms with Crippen LogP contribution in [0.5, 0.6) is 0 Å². The number of carbonyl (C=O) groups excluding carboxylic acids is 1. The summed E-state index contributed by atoms with van der Waals surface area (Å²) in [4.78, 5) is 18.7. The fraction of sp³-hybridized carbons (Fsp3) is 0.625. The zero-order valence-electron chi connectivity index (χ0n) is 12.1. The number of hydrogen-bond donors (Lipinski definition) is 1. The summed E-state index contributed by atoms with van der Waals surface area (Å²) in [5.41, 5.74) is 1.01. The van der Waals surface area contributed by atoms with E-state index in [4.69, 9.17) is 0 Å². The van der Waals surface area contributed by atoms with Gasteiger partial charge in [-0.05, 0) is 44.2 Å². The van der Waals surface area contributed by atoms with Crippen LogP contribution in [0.2, 0.25) is 0 Å². The van der Waals surface area contributed by atoms with E-state index in [0.717, 1.165) is 24.9 Å². The summed E-state index contributed by atoms with van der Waals surface area (Å²) < 4.78 is 0. The second-order valence-electron chi connectivity index (χ2n) is 5.98. The molecule has 0 aliphatic carbocycles. The van der Waals surface area contributed by atoms with E-state index < -0.39 is 0 Å². The van der Waals surface area contributed by atoms with Gasteiger partial charge in [0.05, 0.1) is 6.42 Å². The van der Waals surface area contributed by atoms with Crippen molar-refractivity contribution >= 4 is 5.91 Å². The van der Waals surface area contributed by atoms with Crippen LogP contribution in [0.25, 0.3) is 0 Å². The lowest BCUT2D eigenvalue weighted by molar-refractivity contribution is -0.133. The molecule has 1 aromatic heterocycles. The van der Waals surface area contributed by atoms with Crippen LogP contribution in [0.4, 0.5) is 0 Å². The zero-order chi connectivity index (χ0) is 13.9. The molecule has 0 aromatic carbocycles. The molecule has 2 unspecified atom stereocenters. The van der Waals surface area contributed by atoms with Crippen LogP contribution < -0.4 is 5.32 Å². The number of amides is 1. The maximum atomic E-state index is 12.6. The Labute approximate surface area is 120 Å². The number of pyridine rings is 1. The number of hydrogen-bond acceptors (Lipinski definition) is 3. The van der Waals surface area contributed by atoms with Gasteiger partial charge >= 0.3 is 0 Å². The molecule has 0 radical (unpaired) electrons. The molecule has 2 atom stereocenters. The summed E-state index contributed by atoms with van der Waals surface area (Å²) in [6, 6.07) is 5.54. The number of nitrogens with one attached hydrogen (secondary N) is 1. The van der Waals surface area contributed by atoms with Crippen molar-refractivity contribution in [1.82, 2.24) is 15.2 Å². The summed E-state index contributed by atoms with van der Waals surface area (Å²) in [5, 5.41) is 3.64. The Morgan fingerprint density at radius 3 is 2.75 bits per heavy atom. The Balaban J connectivity index is 1.65. The molecule has 20 heavy (non-hydrogen) atoms. The average Bonchev–Trinajstić information content (AvgIpc) is 2.80. The van der Waals surface area contributed by atoms with Crippen molar-refractivity contribution in [3.8, 4) is 0 Å². The minimum Gasteiger partial charge on any atom is -0.340 e. The molecule has 2 aliphatic rings. The second kappa shape index (κ2) is 5.92. The molecular weight excluding hydrogens is 250 g/mol. The highest BCUT2D eigenvalue weighted by molar-refractivity contribution is 5.79. The maximum absolute atomic E-state index is 12.6. The van der Waals surface area contributed by atoms with Gasteiger partial charge in [-0.2, -0.15) is 0 Å². The fourth-order valence-electron chi connectivity index (χ4n) is 3.70. The van der Waals surface area contributed by atoms with Gasteiger partial charge in [-0.3, -0.25) is 9.78 Å². The van der Waals surface area contributed by atoms with Gasteiger partial charge in [0, 0.05) is 37.1 Å². The highest BCUT2D eigenvalue weighted by atomic mass is 16.2. The summed E-state index contributed by atoms with van der Waals surface area (Å²) in [7, 11) is 0. The molecule has 2 aliphatic heterocycles. The number of rotatable bonds is 4. The number of fused-ring (bicyclic) bond motifs is 2. The predicted octanol–water partition coefficient (Wildman–Crippen LogP) is 1.76. The zero-order valence-corrected chi connectivity index (χ0v) is 12.1. The molecular formula is C16H23N3O. The van der Waals surface area contributed by atoms with Crippen molar-refractivity contribution in [2.45, 2.75) is 57.2 Å². The van der Waals surface area contributed by atoms with Crippen molar-refractivity contribution in [2.75, 3.05) is 6.54 Å². The third-order valence-electron chi connectivity index (χ3n) is 4.63. The normalized spacial score (nSPS) is 28.4. The van der Waals surface area contributed by atoms with Crippen molar-refractivity contribution in [3.63, 3.8) is 0 Å². The van der Waals surface area contributed by atoms with Crippen LogP contribution >= 0.6 is 0 Å². The van der Waals surface area contributed by atoms with Crippen molar-refractivity contribution in [2.24, 2.45) is 0 Å². The Morgan fingerprint density at radius 2 is 2.15 bits per heavy atom. The maximum Gasteiger partial charge on any atom is 0.227 e. The van der Waals surface area contributed by atoms with Gasteiger partial charge in [0.2, 0.25) is 5.91 Å². The summed E-state index contributed by atoms with van der Waals surface area (Å²) in [6.45, 7) is 2.90. The van der Waals surface area contributed by atoms with Gasteiger partial charge in [0.1, 0.15) is 0 Å². The molecule has 4 nitrogen and oxygen atoms in total. The standard InChI is InChI=1S/C16H23N3O/c1-2-19(15-9-13-5-6-14(10-15)18-13)16(20)8-12-4-3-7-17-11-12/h3-4,7,11,13-15,18H,2,5-6,8-10H2,1H3. The molecule has 2 saturated heterocycles. The van der Waals surface area contributed by atoms with Crippen LogP contribution in [0, 0.1) is 0 Å².